The van der Waals surface area contributed by atoms with Gasteiger partial charge in [-0.25, -0.2) is 4.39 Å². The zero-order chi connectivity index (χ0) is 19.1. The van der Waals surface area contributed by atoms with E-state index in [2.05, 4.69) is 4.98 Å². The van der Waals surface area contributed by atoms with Crippen LogP contribution in [0.2, 0.25) is 0 Å². The number of rotatable bonds is 2. The van der Waals surface area contributed by atoms with E-state index in [1.807, 2.05) is 11.0 Å². The van der Waals surface area contributed by atoms with Gasteiger partial charge in [0.05, 0.1) is 17.7 Å². The van der Waals surface area contributed by atoms with E-state index in [-0.39, 0.29) is 17.4 Å². The Balaban J connectivity index is 1.49. The van der Waals surface area contributed by atoms with Crippen molar-refractivity contribution < 1.29 is 18.7 Å². The molecule has 0 spiro atoms. The highest BCUT2D eigenvalue weighted by molar-refractivity contribution is 6.15. The van der Waals surface area contributed by atoms with Gasteiger partial charge in [0.1, 0.15) is 17.3 Å². The van der Waals surface area contributed by atoms with Gasteiger partial charge < -0.3 is 14.4 Å². The van der Waals surface area contributed by atoms with Crippen LogP contribution >= 0.6 is 0 Å². The maximum Gasteiger partial charge on any atom is 0.231 e. The highest BCUT2D eigenvalue weighted by Gasteiger charge is 2.33. The lowest BCUT2D eigenvalue weighted by Gasteiger charge is -2.31. The molecule has 5 rings (SSSR count). The van der Waals surface area contributed by atoms with Crippen molar-refractivity contribution in [2.45, 2.75) is 6.54 Å². The molecule has 0 atom stereocenters. The first kappa shape index (κ1) is 16.5. The largest absolute Gasteiger partial charge is 0.473 e. The molecule has 0 radical (unpaired) electrons. The molecular weight excluding hydrogens is 359 g/mol. The molecule has 2 aromatic carbocycles. The molecule has 2 aliphatic heterocycles. The van der Waals surface area contributed by atoms with Crippen molar-refractivity contribution in [2.75, 3.05) is 11.6 Å². The number of fused-ring (bicyclic) bond motifs is 3. The number of aromatic nitrogens is 1. The minimum absolute atomic E-state index is 0.166. The molecule has 3 aromatic rings. The second-order valence-electron chi connectivity index (χ2n) is 6.59. The van der Waals surface area contributed by atoms with Crippen LogP contribution in [0.5, 0.6) is 11.5 Å². The van der Waals surface area contributed by atoms with E-state index in [0.29, 0.717) is 30.3 Å². The molecule has 3 heterocycles. The number of nitrogens with zero attached hydrogens (tertiary/aromatic N) is 2. The lowest BCUT2D eigenvalue weighted by Crippen LogP contribution is -2.32. The summed E-state index contributed by atoms with van der Waals surface area (Å²) in [6.07, 6.45) is 5.02. The fourth-order valence-electron chi connectivity index (χ4n) is 3.39. The minimum atomic E-state index is -0.290. The Morgan fingerprint density at radius 3 is 2.75 bits per heavy atom. The molecule has 0 aliphatic carbocycles. The van der Waals surface area contributed by atoms with Crippen LogP contribution < -0.4 is 14.4 Å². The number of halogens is 1. The molecule has 28 heavy (non-hydrogen) atoms. The number of hydrogen-bond donors (Lipinski definition) is 0. The maximum atomic E-state index is 13.2. The van der Waals surface area contributed by atoms with Gasteiger partial charge in [0.15, 0.2) is 12.5 Å². The van der Waals surface area contributed by atoms with Crippen LogP contribution in [-0.4, -0.2) is 17.5 Å². The van der Waals surface area contributed by atoms with Crippen LogP contribution in [-0.2, 0) is 6.54 Å². The van der Waals surface area contributed by atoms with Crippen molar-refractivity contribution >= 4 is 17.5 Å². The molecular formula is C22H15FN2O3. The van der Waals surface area contributed by atoms with E-state index in [1.165, 1.54) is 12.1 Å². The first-order chi connectivity index (χ1) is 13.7. The van der Waals surface area contributed by atoms with Crippen molar-refractivity contribution in [3.63, 3.8) is 0 Å². The van der Waals surface area contributed by atoms with Gasteiger partial charge >= 0.3 is 0 Å². The van der Waals surface area contributed by atoms with E-state index >= 15 is 0 Å². The third-order valence-electron chi connectivity index (χ3n) is 4.80. The normalized spacial score (nSPS) is 16.4. The van der Waals surface area contributed by atoms with Gasteiger partial charge in [-0.05, 0) is 54.1 Å². The SMILES string of the molecule is O=C1C(=Cc2cccnc2)Oc2c1ccc1c2CN(c2ccc(F)cc2)CO1. The van der Waals surface area contributed by atoms with Gasteiger partial charge in [-0.3, -0.25) is 9.78 Å². The zero-order valence-electron chi connectivity index (χ0n) is 14.8. The van der Waals surface area contributed by atoms with E-state index < -0.39 is 0 Å². The number of carbonyl (C=O) groups excluding carboxylic acids is 1. The molecule has 6 heteroatoms. The third-order valence-corrected chi connectivity index (χ3v) is 4.80. The smallest absolute Gasteiger partial charge is 0.231 e. The minimum Gasteiger partial charge on any atom is -0.473 e. The monoisotopic (exact) mass is 374 g/mol. The van der Waals surface area contributed by atoms with Crippen LogP contribution in [0.3, 0.4) is 0 Å². The van der Waals surface area contributed by atoms with Gasteiger partial charge in [0.25, 0.3) is 0 Å². The lowest BCUT2D eigenvalue weighted by atomic mass is 10.0. The Kier molecular flexibility index (Phi) is 3.83. The predicted molar refractivity (Wildman–Crippen MR) is 102 cm³/mol. The second-order valence-corrected chi connectivity index (χ2v) is 6.59. The quantitative estimate of drug-likeness (QED) is 0.630. The first-order valence-corrected chi connectivity index (χ1v) is 8.82. The van der Waals surface area contributed by atoms with E-state index in [9.17, 15) is 9.18 Å². The van der Waals surface area contributed by atoms with Crippen LogP contribution in [0, 0.1) is 5.82 Å². The van der Waals surface area contributed by atoms with Crippen LogP contribution in [0.4, 0.5) is 10.1 Å². The maximum absolute atomic E-state index is 13.2. The molecule has 138 valence electrons. The number of ether oxygens (including phenoxy) is 2. The number of anilines is 1. The van der Waals surface area contributed by atoms with Crippen molar-refractivity contribution in [3.05, 3.63) is 89.2 Å². The number of hydrogen-bond acceptors (Lipinski definition) is 5. The van der Waals surface area contributed by atoms with Gasteiger partial charge in [-0.1, -0.05) is 6.07 Å². The summed E-state index contributed by atoms with van der Waals surface area (Å²) < 4.78 is 25.0. The molecule has 0 bridgehead atoms. The summed E-state index contributed by atoms with van der Waals surface area (Å²) >= 11 is 0. The van der Waals surface area contributed by atoms with Crippen molar-refractivity contribution in [1.82, 2.24) is 4.98 Å². The van der Waals surface area contributed by atoms with Crippen LogP contribution in [0.15, 0.2) is 66.7 Å². The number of carbonyl (C=O) groups is 1. The molecule has 5 nitrogen and oxygen atoms in total. The summed E-state index contributed by atoms with van der Waals surface area (Å²) in [5, 5.41) is 0. The van der Waals surface area contributed by atoms with Crippen LogP contribution in [0.1, 0.15) is 21.5 Å². The Morgan fingerprint density at radius 2 is 1.96 bits per heavy atom. The van der Waals surface area contributed by atoms with E-state index in [0.717, 1.165) is 16.8 Å². The number of pyridine rings is 1. The van der Waals surface area contributed by atoms with Gasteiger partial charge in [-0.15, -0.1) is 0 Å². The van der Waals surface area contributed by atoms with Gasteiger partial charge in [0, 0.05) is 18.1 Å². The summed E-state index contributed by atoms with van der Waals surface area (Å²) in [6.45, 7) is 0.835. The summed E-state index contributed by atoms with van der Waals surface area (Å²) in [6, 6.07) is 13.4. The summed E-state index contributed by atoms with van der Waals surface area (Å²) in [4.78, 5) is 18.8. The molecule has 0 saturated carbocycles. The summed E-state index contributed by atoms with van der Waals surface area (Å²) in [5.41, 5.74) is 2.94. The van der Waals surface area contributed by atoms with Gasteiger partial charge in [0.2, 0.25) is 5.78 Å². The summed E-state index contributed by atoms with van der Waals surface area (Å²) in [7, 11) is 0. The van der Waals surface area contributed by atoms with Crippen LogP contribution in [0.25, 0.3) is 6.08 Å². The van der Waals surface area contributed by atoms with Gasteiger partial charge in [-0.2, -0.15) is 0 Å². The molecule has 0 N–H and O–H groups in total. The fraction of sp³-hybridized carbons (Fsp3) is 0.0909. The number of ketones is 1. The summed E-state index contributed by atoms with van der Waals surface area (Å²) in [5.74, 6) is 1.01. The Bertz CT molecular complexity index is 1090. The molecule has 0 amide bonds. The standard InChI is InChI=1S/C22H15FN2O3/c23-15-3-5-16(6-4-15)25-12-18-19(27-13-25)8-7-17-21(26)20(28-22(17)18)10-14-2-1-9-24-11-14/h1-11H,12-13H2. The average molecular weight is 374 g/mol. The van der Waals surface area contributed by atoms with E-state index in [1.54, 1.807) is 48.8 Å². The molecule has 0 saturated heterocycles. The second kappa shape index (κ2) is 6.49. The average Bonchev–Trinajstić information content (AvgIpc) is 3.05. The molecule has 0 unspecified atom stereocenters. The highest BCUT2D eigenvalue weighted by Crippen LogP contribution is 2.42. The van der Waals surface area contributed by atoms with Crippen molar-refractivity contribution in [1.29, 1.82) is 0 Å². The lowest BCUT2D eigenvalue weighted by molar-refractivity contribution is 0.101. The molecule has 0 fully saturated rings. The number of Topliss-reactive ketones (excluding diaryl/α,β-unsaturated/α-hetero) is 1. The van der Waals surface area contributed by atoms with E-state index in [4.69, 9.17) is 9.47 Å². The molecule has 1 aromatic heterocycles. The fourth-order valence-corrected chi connectivity index (χ4v) is 3.39. The topological polar surface area (TPSA) is 51.7 Å². The zero-order valence-corrected chi connectivity index (χ0v) is 14.8. The molecule has 2 aliphatic rings. The van der Waals surface area contributed by atoms with Crippen molar-refractivity contribution in [3.8, 4) is 11.5 Å². The third kappa shape index (κ3) is 2.79. The number of benzene rings is 2. The van der Waals surface area contributed by atoms with Crippen molar-refractivity contribution in [2.24, 2.45) is 0 Å². The Labute approximate surface area is 160 Å². The predicted octanol–water partition coefficient (Wildman–Crippen LogP) is 4.19. The Morgan fingerprint density at radius 1 is 1.11 bits per heavy atom. The Hall–Kier alpha value is -3.67. The highest BCUT2D eigenvalue weighted by atomic mass is 19.1. The first-order valence-electron chi connectivity index (χ1n) is 8.82. The number of allylic oxidation sites excluding steroid dienone is 1.